The number of nitrogens with one attached hydrogen (secondary N) is 1. The van der Waals surface area contributed by atoms with Crippen molar-refractivity contribution in [3.05, 3.63) is 34.9 Å². The summed E-state index contributed by atoms with van der Waals surface area (Å²) in [6, 6.07) is 5.33. The molecule has 0 saturated heterocycles. The Morgan fingerprint density at radius 2 is 2.10 bits per heavy atom. The molecule has 1 fully saturated rings. The fraction of sp³-hybridized carbons (Fsp3) is 0.533. The van der Waals surface area contributed by atoms with Gasteiger partial charge >= 0.3 is 5.69 Å². The van der Waals surface area contributed by atoms with Gasteiger partial charge in [0, 0.05) is 12.7 Å². The number of amides is 1. The van der Waals surface area contributed by atoms with Gasteiger partial charge in [0.25, 0.3) is 0 Å². The molecule has 112 valence electrons. The number of hydrogen-bond acceptors (Lipinski definition) is 3. The Kier molecular flexibility index (Phi) is 4.03. The molecule has 1 aliphatic carbocycles. The third-order valence-electron chi connectivity index (χ3n) is 4.09. The number of nitrogens with zero attached hydrogens (tertiary/aromatic N) is 3. The van der Waals surface area contributed by atoms with Crippen LogP contribution in [0.25, 0.3) is 5.65 Å². The van der Waals surface area contributed by atoms with Crippen LogP contribution in [-0.4, -0.2) is 26.6 Å². The average molecular weight is 288 g/mol. The summed E-state index contributed by atoms with van der Waals surface area (Å²) in [5, 5.41) is 7.08. The molecule has 3 rings (SSSR count). The highest BCUT2D eigenvalue weighted by Gasteiger charge is 2.15. The van der Waals surface area contributed by atoms with Crippen LogP contribution in [-0.2, 0) is 11.3 Å². The van der Waals surface area contributed by atoms with E-state index in [1.165, 1.54) is 41.2 Å². The van der Waals surface area contributed by atoms with E-state index in [1.807, 2.05) is 6.07 Å². The van der Waals surface area contributed by atoms with Gasteiger partial charge in [-0.15, -0.1) is 5.10 Å². The maximum atomic E-state index is 12.1. The van der Waals surface area contributed by atoms with Crippen LogP contribution in [0.3, 0.4) is 0 Å². The molecule has 1 saturated carbocycles. The van der Waals surface area contributed by atoms with Crippen molar-refractivity contribution in [2.75, 3.05) is 6.54 Å². The van der Waals surface area contributed by atoms with E-state index >= 15 is 0 Å². The topological polar surface area (TPSA) is 68.4 Å². The Morgan fingerprint density at radius 1 is 1.29 bits per heavy atom. The molecule has 2 heterocycles. The summed E-state index contributed by atoms with van der Waals surface area (Å²) in [5.74, 6) is 0.437. The predicted molar refractivity (Wildman–Crippen MR) is 79.0 cm³/mol. The third-order valence-corrected chi connectivity index (χ3v) is 4.09. The van der Waals surface area contributed by atoms with Crippen molar-refractivity contribution < 1.29 is 4.79 Å². The van der Waals surface area contributed by atoms with Crippen LogP contribution in [0.4, 0.5) is 0 Å². The molecular formula is C15H20N4O2. The lowest BCUT2D eigenvalue weighted by atomic mass is 9.89. The van der Waals surface area contributed by atoms with E-state index in [-0.39, 0.29) is 18.1 Å². The SMILES string of the molecule is O=C(Cn1nc2ccccn2c1=O)NCC1CCCCC1. The lowest BCUT2D eigenvalue weighted by Gasteiger charge is -2.21. The molecule has 0 unspecified atom stereocenters. The van der Waals surface area contributed by atoms with E-state index in [9.17, 15) is 9.59 Å². The number of hydrogen-bond donors (Lipinski definition) is 1. The van der Waals surface area contributed by atoms with E-state index in [2.05, 4.69) is 10.4 Å². The molecule has 1 aliphatic rings. The minimum atomic E-state index is -0.279. The van der Waals surface area contributed by atoms with Gasteiger partial charge < -0.3 is 5.32 Å². The van der Waals surface area contributed by atoms with Crippen molar-refractivity contribution in [1.82, 2.24) is 19.5 Å². The average Bonchev–Trinajstić information content (AvgIpc) is 2.83. The van der Waals surface area contributed by atoms with Crippen molar-refractivity contribution in [2.24, 2.45) is 5.92 Å². The number of rotatable bonds is 4. The summed E-state index contributed by atoms with van der Waals surface area (Å²) >= 11 is 0. The summed E-state index contributed by atoms with van der Waals surface area (Å²) in [6.45, 7) is 0.689. The number of aromatic nitrogens is 3. The van der Waals surface area contributed by atoms with Crippen LogP contribution in [0.15, 0.2) is 29.2 Å². The minimum Gasteiger partial charge on any atom is -0.354 e. The summed E-state index contributed by atoms with van der Waals surface area (Å²) in [7, 11) is 0. The Labute approximate surface area is 122 Å². The van der Waals surface area contributed by atoms with Crippen molar-refractivity contribution in [3.63, 3.8) is 0 Å². The Hall–Kier alpha value is -2.11. The molecule has 2 aromatic heterocycles. The zero-order chi connectivity index (χ0) is 14.7. The van der Waals surface area contributed by atoms with Crippen molar-refractivity contribution in [2.45, 2.75) is 38.6 Å². The molecule has 0 aromatic carbocycles. The predicted octanol–water partition coefficient (Wildman–Crippen LogP) is 1.19. The molecular weight excluding hydrogens is 268 g/mol. The van der Waals surface area contributed by atoms with Gasteiger partial charge in [-0.1, -0.05) is 25.3 Å². The molecule has 0 aliphatic heterocycles. The number of carbonyl (C=O) groups is 1. The highest BCUT2D eigenvalue weighted by Crippen LogP contribution is 2.22. The lowest BCUT2D eigenvalue weighted by molar-refractivity contribution is -0.122. The zero-order valence-electron chi connectivity index (χ0n) is 12.0. The van der Waals surface area contributed by atoms with Crippen LogP contribution in [0.2, 0.25) is 0 Å². The van der Waals surface area contributed by atoms with Crippen molar-refractivity contribution >= 4 is 11.6 Å². The maximum absolute atomic E-state index is 12.1. The summed E-state index contributed by atoms with van der Waals surface area (Å²) in [4.78, 5) is 24.0. The molecule has 6 nitrogen and oxygen atoms in total. The number of pyridine rings is 1. The Morgan fingerprint density at radius 3 is 2.86 bits per heavy atom. The van der Waals surface area contributed by atoms with Crippen LogP contribution in [0.1, 0.15) is 32.1 Å². The summed E-state index contributed by atoms with van der Waals surface area (Å²) in [6.07, 6.45) is 7.85. The Bertz CT molecular complexity index is 682. The number of fused-ring (bicyclic) bond motifs is 1. The number of carbonyl (C=O) groups excluding carboxylic acids is 1. The van der Waals surface area contributed by atoms with Gasteiger partial charge in [-0.05, 0) is 30.9 Å². The van der Waals surface area contributed by atoms with Gasteiger partial charge in [-0.2, -0.15) is 0 Å². The van der Waals surface area contributed by atoms with Gasteiger partial charge in [-0.25, -0.2) is 9.48 Å². The molecule has 6 heteroatoms. The summed E-state index contributed by atoms with van der Waals surface area (Å²) in [5.41, 5.74) is 0.279. The second kappa shape index (κ2) is 6.11. The smallest absolute Gasteiger partial charge is 0.350 e. The maximum Gasteiger partial charge on any atom is 0.350 e. The molecule has 0 bridgehead atoms. The molecule has 0 atom stereocenters. The van der Waals surface area contributed by atoms with Gasteiger partial charge in [0.05, 0.1) is 0 Å². The van der Waals surface area contributed by atoms with Gasteiger partial charge in [0.2, 0.25) is 5.91 Å². The van der Waals surface area contributed by atoms with Crippen molar-refractivity contribution in [1.29, 1.82) is 0 Å². The van der Waals surface area contributed by atoms with Gasteiger partial charge in [0.1, 0.15) is 6.54 Å². The first-order valence-electron chi connectivity index (χ1n) is 7.55. The molecule has 2 aromatic rings. The second-order valence-electron chi connectivity index (χ2n) is 5.68. The third kappa shape index (κ3) is 3.15. The van der Waals surface area contributed by atoms with E-state index in [0.717, 1.165) is 0 Å². The second-order valence-corrected chi connectivity index (χ2v) is 5.68. The molecule has 1 amide bonds. The molecule has 21 heavy (non-hydrogen) atoms. The van der Waals surface area contributed by atoms with Crippen molar-refractivity contribution in [3.8, 4) is 0 Å². The fourth-order valence-electron chi connectivity index (χ4n) is 2.91. The van der Waals surface area contributed by atoms with E-state index < -0.39 is 0 Å². The van der Waals surface area contributed by atoms with Gasteiger partial charge in [-0.3, -0.25) is 9.20 Å². The standard InChI is InChI=1S/C15H20N4O2/c20-14(16-10-12-6-2-1-3-7-12)11-19-15(21)18-9-5-4-8-13(18)17-19/h4-5,8-9,12H,1-3,6-7,10-11H2,(H,16,20). The highest BCUT2D eigenvalue weighted by molar-refractivity contribution is 5.75. The fourth-order valence-corrected chi connectivity index (χ4v) is 2.91. The first-order valence-corrected chi connectivity index (χ1v) is 7.55. The molecule has 0 spiro atoms. The van der Waals surface area contributed by atoms with Crippen LogP contribution in [0, 0.1) is 5.92 Å². The summed E-state index contributed by atoms with van der Waals surface area (Å²) < 4.78 is 2.65. The first kappa shape index (κ1) is 13.9. The zero-order valence-corrected chi connectivity index (χ0v) is 12.0. The van der Waals surface area contributed by atoms with Crippen LogP contribution in [0.5, 0.6) is 0 Å². The highest BCUT2D eigenvalue weighted by atomic mass is 16.2. The monoisotopic (exact) mass is 288 g/mol. The Balaban J connectivity index is 1.60. The van der Waals surface area contributed by atoms with E-state index in [1.54, 1.807) is 18.3 Å². The molecule has 0 radical (unpaired) electrons. The van der Waals surface area contributed by atoms with E-state index in [4.69, 9.17) is 0 Å². The molecule has 1 N–H and O–H groups in total. The van der Waals surface area contributed by atoms with E-state index in [0.29, 0.717) is 18.1 Å². The minimum absolute atomic E-state index is 0.0206. The van der Waals surface area contributed by atoms with Crippen LogP contribution < -0.4 is 11.0 Å². The van der Waals surface area contributed by atoms with Gasteiger partial charge in [0.15, 0.2) is 5.65 Å². The quantitative estimate of drug-likeness (QED) is 0.919. The largest absolute Gasteiger partial charge is 0.354 e. The lowest BCUT2D eigenvalue weighted by Crippen LogP contribution is -2.35. The first-order chi connectivity index (χ1) is 10.2. The normalized spacial score (nSPS) is 16.2. The van der Waals surface area contributed by atoms with Crippen LogP contribution >= 0.6 is 0 Å².